The van der Waals surface area contributed by atoms with Gasteiger partial charge in [-0.2, -0.15) is 0 Å². The molecule has 3 aromatic rings. The highest BCUT2D eigenvalue weighted by atomic mass is 19.1. The van der Waals surface area contributed by atoms with Gasteiger partial charge in [-0.3, -0.25) is 4.98 Å². The zero-order valence-corrected chi connectivity index (χ0v) is 15.5. The van der Waals surface area contributed by atoms with Gasteiger partial charge >= 0.3 is 0 Å². The van der Waals surface area contributed by atoms with Crippen LogP contribution in [-0.4, -0.2) is 11.5 Å². The highest BCUT2D eigenvalue weighted by molar-refractivity contribution is 5.68. The van der Waals surface area contributed by atoms with Gasteiger partial charge in [0, 0.05) is 18.0 Å². The van der Waals surface area contributed by atoms with E-state index in [1.54, 1.807) is 0 Å². The molecule has 0 aliphatic rings. The van der Waals surface area contributed by atoms with Crippen LogP contribution >= 0.6 is 0 Å². The first-order valence-corrected chi connectivity index (χ1v) is 9.04. The molecule has 0 aliphatic carbocycles. The van der Waals surface area contributed by atoms with Crippen LogP contribution in [0.4, 0.5) is 10.1 Å². The van der Waals surface area contributed by atoms with E-state index in [9.17, 15) is 4.39 Å². The van der Waals surface area contributed by atoms with E-state index >= 15 is 0 Å². The van der Waals surface area contributed by atoms with Crippen molar-refractivity contribution in [2.45, 2.75) is 26.3 Å². The minimum Gasteiger partial charge on any atom is -0.306 e. The molecular weight excluding hydrogens is 337 g/mol. The predicted octanol–water partition coefficient (Wildman–Crippen LogP) is 5.84. The van der Waals surface area contributed by atoms with Gasteiger partial charge in [0.2, 0.25) is 0 Å². The van der Waals surface area contributed by atoms with Gasteiger partial charge in [-0.1, -0.05) is 37.3 Å². The highest BCUT2D eigenvalue weighted by Gasteiger charge is 2.15. The third kappa shape index (κ3) is 4.39. The normalized spacial score (nSPS) is 11.8. The summed E-state index contributed by atoms with van der Waals surface area (Å²) < 4.78 is 13.3. The van der Waals surface area contributed by atoms with E-state index in [1.807, 2.05) is 49.6 Å². The zero-order chi connectivity index (χ0) is 19.2. The average Bonchev–Trinajstić information content (AvgIpc) is 2.70. The van der Waals surface area contributed by atoms with Gasteiger partial charge in [0.25, 0.3) is 0 Å². The highest BCUT2D eigenvalue weighted by Crippen LogP contribution is 2.29. The average molecular weight is 359 g/mol. The molecule has 3 nitrogen and oxygen atoms in total. The summed E-state index contributed by atoms with van der Waals surface area (Å²) in [4.78, 5) is 7.96. The van der Waals surface area contributed by atoms with E-state index in [0.717, 1.165) is 40.8 Å². The van der Waals surface area contributed by atoms with E-state index in [1.165, 1.54) is 12.1 Å². The summed E-state index contributed by atoms with van der Waals surface area (Å²) in [5.74, 6) is -0.241. The molecule has 136 valence electrons. The van der Waals surface area contributed by atoms with Crippen LogP contribution in [0, 0.1) is 19.3 Å². The summed E-state index contributed by atoms with van der Waals surface area (Å²) in [6.07, 6.45) is 4.68. The third-order valence-electron chi connectivity index (χ3n) is 4.55. The van der Waals surface area contributed by atoms with Crippen LogP contribution < -0.4 is 5.32 Å². The molecule has 3 rings (SSSR count). The van der Waals surface area contributed by atoms with Crippen LogP contribution in [0.1, 0.15) is 36.1 Å². The lowest BCUT2D eigenvalue weighted by atomic mass is 9.96. The van der Waals surface area contributed by atoms with E-state index in [2.05, 4.69) is 28.1 Å². The summed E-state index contributed by atoms with van der Waals surface area (Å²) in [7, 11) is 0. The second-order valence-electron chi connectivity index (χ2n) is 6.56. The fourth-order valence-electron chi connectivity index (χ4n) is 3.11. The molecule has 0 saturated carbocycles. The van der Waals surface area contributed by atoms with Crippen molar-refractivity contribution >= 4 is 5.69 Å². The summed E-state index contributed by atoms with van der Waals surface area (Å²) in [6, 6.07) is 14.5. The maximum absolute atomic E-state index is 13.3. The van der Waals surface area contributed by atoms with Gasteiger partial charge in [0.05, 0.1) is 12.6 Å². The van der Waals surface area contributed by atoms with Crippen LogP contribution in [0.2, 0.25) is 0 Å². The lowest BCUT2D eigenvalue weighted by Gasteiger charge is -2.20. The number of benzene rings is 2. The lowest BCUT2D eigenvalue weighted by Crippen LogP contribution is -2.23. The number of aryl methyl sites for hydroxylation is 1. The van der Waals surface area contributed by atoms with Crippen molar-refractivity contribution in [2.75, 3.05) is 6.54 Å². The summed E-state index contributed by atoms with van der Waals surface area (Å²) >= 11 is 0. The van der Waals surface area contributed by atoms with E-state index in [-0.39, 0.29) is 11.9 Å². The fourth-order valence-corrected chi connectivity index (χ4v) is 3.11. The Morgan fingerprint density at radius 2 is 1.81 bits per heavy atom. The Morgan fingerprint density at radius 1 is 1.04 bits per heavy atom. The van der Waals surface area contributed by atoms with E-state index in [0.29, 0.717) is 5.69 Å². The molecule has 4 heteroatoms. The second-order valence-corrected chi connectivity index (χ2v) is 6.56. The van der Waals surface area contributed by atoms with Gasteiger partial charge in [0.1, 0.15) is 5.82 Å². The monoisotopic (exact) mass is 359 g/mol. The number of nitrogens with zero attached hydrogens (tertiary/aromatic N) is 2. The van der Waals surface area contributed by atoms with Gasteiger partial charge < -0.3 is 5.32 Å². The molecule has 0 amide bonds. The molecule has 0 saturated heterocycles. The number of pyridine rings is 1. The SMILES string of the molecule is [C-]#[N+]c1ccc(-c2cncc(C(NCCC)c3ccc(F)cc3)c2)cc1C. The van der Waals surface area contributed by atoms with Crippen LogP contribution in [0.3, 0.4) is 0 Å². The number of hydrogen-bond acceptors (Lipinski definition) is 2. The molecule has 0 fully saturated rings. The van der Waals surface area contributed by atoms with Crippen molar-refractivity contribution in [1.82, 2.24) is 10.3 Å². The maximum Gasteiger partial charge on any atom is 0.190 e. The van der Waals surface area contributed by atoms with Crippen LogP contribution in [0.15, 0.2) is 60.9 Å². The molecule has 0 spiro atoms. The van der Waals surface area contributed by atoms with Gasteiger partial charge in [-0.15, -0.1) is 0 Å². The quantitative estimate of drug-likeness (QED) is 0.561. The molecule has 1 aromatic heterocycles. The second kappa shape index (κ2) is 8.57. The topological polar surface area (TPSA) is 29.3 Å². The Kier molecular flexibility index (Phi) is 5.95. The molecule has 1 atom stereocenters. The first kappa shape index (κ1) is 18.8. The van der Waals surface area contributed by atoms with Crippen molar-refractivity contribution in [3.63, 3.8) is 0 Å². The van der Waals surface area contributed by atoms with Crippen LogP contribution in [0.5, 0.6) is 0 Å². The zero-order valence-electron chi connectivity index (χ0n) is 15.5. The standard InChI is InChI=1S/C23H22FN3/c1-4-11-27-23(17-5-8-21(24)9-6-17)20-13-19(14-26-15-20)18-7-10-22(25-3)16(2)12-18/h5-10,12-15,23,27H,4,11H2,1-2H3. The number of hydrogen-bond donors (Lipinski definition) is 1. The molecular formula is C23H22FN3. The molecule has 1 unspecified atom stereocenters. The minimum atomic E-state index is -0.241. The molecule has 0 radical (unpaired) electrons. The van der Waals surface area contributed by atoms with E-state index in [4.69, 9.17) is 6.57 Å². The van der Waals surface area contributed by atoms with Gasteiger partial charge in [0.15, 0.2) is 5.69 Å². The third-order valence-corrected chi connectivity index (χ3v) is 4.55. The Morgan fingerprint density at radius 3 is 2.48 bits per heavy atom. The Labute approximate surface area is 159 Å². The molecule has 1 N–H and O–H groups in total. The smallest absolute Gasteiger partial charge is 0.190 e. The maximum atomic E-state index is 13.3. The number of rotatable bonds is 6. The van der Waals surface area contributed by atoms with Crippen molar-refractivity contribution in [3.8, 4) is 11.1 Å². The first-order valence-electron chi connectivity index (χ1n) is 9.04. The summed E-state index contributed by atoms with van der Waals surface area (Å²) in [6.45, 7) is 12.1. The molecule has 1 heterocycles. The fraction of sp³-hybridized carbons (Fsp3) is 0.217. The Balaban J connectivity index is 1.99. The molecule has 27 heavy (non-hydrogen) atoms. The van der Waals surface area contributed by atoms with Crippen LogP contribution in [-0.2, 0) is 0 Å². The Hall–Kier alpha value is -3.03. The molecule has 0 bridgehead atoms. The van der Waals surface area contributed by atoms with Gasteiger partial charge in [-0.25, -0.2) is 9.24 Å². The van der Waals surface area contributed by atoms with Crippen molar-refractivity contribution in [2.24, 2.45) is 0 Å². The number of nitrogens with one attached hydrogen (secondary N) is 1. The first-order chi connectivity index (χ1) is 13.1. The minimum absolute atomic E-state index is 0.0541. The Bertz CT molecular complexity index is 958. The summed E-state index contributed by atoms with van der Waals surface area (Å²) in [5.41, 5.74) is 5.67. The van der Waals surface area contributed by atoms with Crippen molar-refractivity contribution < 1.29 is 4.39 Å². The molecule has 0 aliphatic heterocycles. The summed E-state index contributed by atoms with van der Waals surface area (Å²) in [5, 5.41) is 3.53. The van der Waals surface area contributed by atoms with Crippen molar-refractivity contribution in [3.05, 3.63) is 94.8 Å². The lowest BCUT2D eigenvalue weighted by molar-refractivity contribution is 0.592. The molecule has 2 aromatic carbocycles. The predicted molar refractivity (Wildman–Crippen MR) is 107 cm³/mol. The van der Waals surface area contributed by atoms with Crippen LogP contribution in [0.25, 0.3) is 16.0 Å². The largest absolute Gasteiger partial charge is 0.306 e. The number of halogens is 1. The number of aromatic nitrogens is 1. The van der Waals surface area contributed by atoms with E-state index < -0.39 is 0 Å². The van der Waals surface area contributed by atoms with Crippen molar-refractivity contribution in [1.29, 1.82) is 0 Å². The van der Waals surface area contributed by atoms with Gasteiger partial charge in [-0.05, 0) is 60.3 Å².